The minimum Gasteiger partial charge on any atom is -0.445 e. The van der Waals surface area contributed by atoms with Gasteiger partial charge in [0.15, 0.2) is 6.29 Å². The molecule has 0 aromatic heterocycles. The van der Waals surface area contributed by atoms with Gasteiger partial charge in [0.1, 0.15) is 12.6 Å². The Kier molecular flexibility index (Phi) is 12.0. The summed E-state index contributed by atoms with van der Waals surface area (Å²) in [7, 11) is 0. The number of nitro benzene ring substituents is 1. The summed E-state index contributed by atoms with van der Waals surface area (Å²) in [6, 6.07) is 30.0. The third kappa shape index (κ3) is 9.06. The average Bonchev–Trinajstić information content (AvgIpc) is 3.48. The number of benzene rings is 4. The van der Waals surface area contributed by atoms with Crippen molar-refractivity contribution in [2.75, 3.05) is 37.6 Å². The average molecular weight is 764 g/mol. The lowest BCUT2D eigenvalue weighted by Crippen LogP contribution is -2.51. The molecule has 3 saturated heterocycles. The van der Waals surface area contributed by atoms with Crippen molar-refractivity contribution in [3.05, 3.63) is 141 Å². The molecule has 7 rings (SSSR count). The van der Waals surface area contributed by atoms with Gasteiger partial charge in [0, 0.05) is 62.0 Å². The van der Waals surface area contributed by atoms with E-state index in [2.05, 4.69) is 22.0 Å². The van der Waals surface area contributed by atoms with E-state index in [1.54, 1.807) is 12.1 Å². The van der Waals surface area contributed by atoms with Gasteiger partial charge in [0.05, 0.1) is 36.7 Å². The third-order valence-electron chi connectivity index (χ3n) is 10.7. The Bertz CT molecular complexity index is 1990. The summed E-state index contributed by atoms with van der Waals surface area (Å²) < 4.78 is 18.6. The minimum atomic E-state index is -0.998. The molecule has 0 saturated carbocycles. The van der Waals surface area contributed by atoms with Gasteiger partial charge < -0.3 is 29.5 Å². The van der Waals surface area contributed by atoms with E-state index < -0.39 is 29.3 Å². The molecule has 3 aliphatic rings. The summed E-state index contributed by atoms with van der Waals surface area (Å²) >= 11 is 0. The zero-order chi connectivity index (χ0) is 39.2. The number of nitrogens with zero attached hydrogens (tertiary/aromatic N) is 4. The zero-order valence-corrected chi connectivity index (χ0v) is 31.1. The van der Waals surface area contributed by atoms with Crippen molar-refractivity contribution >= 4 is 29.3 Å². The van der Waals surface area contributed by atoms with Crippen molar-refractivity contribution in [2.24, 2.45) is 5.92 Å². The largest absolute Gasteiger partial charge is 0.445 e. The van der Waals surface area contributed by atoms with Gasteiger partial charge >= 0.3 is 6.09 Å². The number of amides is 3. The molecule has 5 atom stereocenters. The second kappa shape index (κ2) is 17.4. The van der Waals surface area contributed by atoms with Crippen LogP contribution in [0.1, 0.15) is 53.6 Å². The lowest BCUT2D eigenvalue weighted by molar-refractivity contribution is -0.384. The molecular weight excluding hydrogens is 718 g/mol. The number of carbonyl (C=O) groups excluding carboxylic acids is 3. The Morgan fingerprint density at radius 3 is 2.18 bits per heavy atom. The summed E-state index contributed by atoms with van der Waals surface area (Å²) in [5.74, 6) is -0.885. The van der Waals surface area contributed by atoms with E-state index in [0.29, 0.717) is 6.54 Å². The van der Waals surface area contributed by atoms with Gasteiger partial charge in [-0.15, -0.1) is 0 Å². The van der Waals surface area contributed by atoms with Crippen LogP contribution in [0.2, 0.25) is 0 Å². The van der Waals surface area contributed by atoms with Gasteiger partial charge in [-0.25, -0.2) is 4.79 Å². The molecule has 3 heterocycles. The van der Waals surface area contributed by atoms with Crippen LogP contribution in [0.4, 0.5) is 16.2 Å². The van der Waals surface area contributed by atoms with Crippen molar-refractivity contribution in [2.45, 2.75) is 57.6 Å². The Morgan fingerprint density at radius 2 is 1.52 bits per heavy atom. The molecule has 14 heteroatoms. The maximum absolute atomic E-state index is 13.2. The first kappa shape index (κ1) is 38.6. The van der Waals surface area contributed by atoms with Gasteiger partial charge in [-0.1, -0.05) is 85.8 Å². The smallest absolute Gasteiger partial charge is 0.408 e. The maximum atomic E-state index is 13.2. The summed E-state index contributed by atoms with van der Waals surface area (Å²) in [5, 5.41) is 23.3. The Morgan fingerprint density at radius 1 is 0.857 bits per heavy atom. The minimum absolute atomic E-state index is 0.0115. The van der Waals surface area contributed by atoms with Crippen LogP contribution in [0, 0.1) is 16.0 Å². The lowest BCUT2D eigenvalue weighted by atomic mass is 9.90. The molecule has 4 aromatic carbocycles. The van der Waals surface area contributed by atoms with Crippen LogP contribution in [0.15, 0.2) is 103 Å². The Labute approximate surface area is 324 Å². The third-order valence-corrected chi connectivity index (χ3v) is 10.7. The van der Waals surface area contributed by atoms with Crippen molar-refractivity contribution in [3.8, 4) is 0 Å². The molecule has 1 unspecified atom stereocenters. The number of carbonyl (C=O) groups is 3. The standard InChI is InChI=1S/C42H45N5O9/c1-28-37(25-44-19-21-45(22-20-44)34-15-17-35(18-16-34)47(52)53)55-41(56-39(28)32-11-9-30(26-48)10-12-32)33-13-7-29(8-14-33)24-46-38(49)23-36(40(46)50)43-42(51)54-27-31-5-3-2-4-6-31/h2-18,28,36-37,39,41,48H,19-27H2,1H3,(H,43,51)/t28-,36?,37+,39+,41+/m0/s1. The highest BCUT2D eigenvalue weighted by Gasteiger charge is 2.41. The van der Waals surface area contributed by atoms with Crippen molar-refractivity contribution < 1.29 is 38.6 Å². The zero-order valence-electron chi connectivity index (χ0n) is 31.1. The molecule has 0 aliphatic carbocycles. The Hall–Kier alpha value is -5.67. The molecule has 0 spiro atoms. The topological polar surface area (TPSA) is 164 Å². The molecule has 3 aliphatic heterocycles. The molecule has 2 N–H and O–H groups in total. The molecule has 0 radical (unpaired) electrons. The molecule has 0 bridgehead atoms. The number of rotatable bonds is 12. The molecule has 4 aromatic rings. The first-order valence-corrected chi connectivity index (χ1v) is 18.8. The number of hydrogen-bond acceptors (Lipinski definition) is 11. The highest BCUT2D eigenvalue weighted by molar-refractivity contribution is 6.06. The number of ether oxygens (including phenoxy) is 3. The number of anilines is 1. The monoisotopic (exact) mass is 763 g/mol. The summed E-state index contributed by atoms with van der Waals surface area (Å²) in [4.78, 5) is 54.9. The van der Waals surface area contributed by atoms with Crippen molar-refractivity contribution in [3.63, 3.8) is 0 Å². The van der Waals surface area contributed by atoms with Crippen LogP contribution < -0.4 is 10.2 Å². The number of likely N-dealkylation sites (tertiary alicyclic amines) is 1. The number of piperazine rings is 1. The normalized spacial score (nSPS) is 22.9. The molecule has 292 valence electrons. The van der Waals surface area contributed by atoms with Gasteiger partial charge in [-0.05, 0) is 34.4 Å². The van der Waals surface area contributed by atoms with Crippen LogP contribution in [-0.2, 0) is 43.6 Å². The Balaban J connectivity index is 0.988. The first-order valence-electron chi connectivity index (χ1n) is 18.8. The highest BCUT2D eigenvalue weighted by atomic mass is 16.7. The summed E-state index contributed by atoms with van der Waals surface area (Å²) in [6.07, 6.45) is -2.09. The van der Waals surface area contributed by atoms with E-state index in [9.17, 15) is 29.6 Å². The fourth-order valence-electron chi connectivity index (χ4n) is 7.39. The van der Waals surface area contributed by atoms with E-state index in [4.69, 9.17) is 14.2 Å². The predicted octanol–water partition coefficient (Wildman–Crippen LogP) is 5.25. The number of hydrogen-bond donors (Lipinski definition) is 2. The predicted molar refractivity (Wildman–Crippen MR) is 205 cm³/mol. The maximum Gasteiger partial charge on any atom is 0.408 e. The number of imide groups is 1. The molecule has 56 heavy (non-hydrogen) atoms. The number of nitrogens with one attached hydrogen (secondary N) is 1. The number of nitro groups is 1. The summed E-state index contributed by atoms with van der Waals surface area (Å²) in [5.41, 5.74) is 5.13. The number of alkyl carbamates (subject to hydrolysis) is 1. The van der Waals surface area contributed by atoms with E-state index in [1.807, 2.05) is 78.9 Å². The van der Waals surface area contributed by atoms with Crippen LogP contribution in [0.25, 0.3) is 0 Å². The summed E-state index contributed by atoms with van der Waals surface area (Å²) in [6.45, 7) is 5.95. The lowest BCUT2D eigenvalue weighted by Gasteiger charge is -2.44. The highest BCUT2D eigenvalue weighted by Crippen LogP contribution is 2.42. The van der Waals surface area contributed by atoms with Crippen LogP contribution in [0.5, 0.6) is 0 Å². The molecule has 3 amide bonds. The number of aliphatic hydroxyl groups is 1. The molecular formula is C42H45N5O9. The van der Waals surface area contributed by atoms with Crippen molar-refractivity contribution in [1.82, 2.24) is 15.1 Å². The van der Waals surface area contributed by atoms with Gasteiger partial charge in [-0.2, -0.15) is 0 Å². The first-order chi connectivity index (χ1) is 27.1. The number of aliphatic hydroxyl groups excluding tert-OH is 1. The van der Waals surface area contributed by atoms with Gasteiger partial charge in [0.25, 0.3) is 11.6 Å². The molecule has 3 fully saturated rings. The van der Waals surface area contributed by atoms with Crippen LogP contribution in [0.3, 0.4) is 0 Å². The second-order valence-corrected chi connectivity index (χ2v) is 14.4. The van der Waals surface area contributed by atoms with E-state index >= 15 is 0 Å². The van der Waals surface area contributed by atoms with E-state index in [0.717, 1.165) is 64.6 Å². The quantitative estimate of drug-likeness (QED) is 0.110. The second-order valence-electron chi connectivity index (χ2n) is 14.4. The molecule has 14 nitrogen and oxygen atoms in total. The fourth-order valence-corrected chi connectivity index (χ4v) is 7.39. The van der Waals surface area contributed by atoms with Crippen LogP contribution in [-0.4, -0.2) is 82.6 Å². The van der Waals surface area contributed by atoms with E-state index in [-0.39, 0.29) is 55.9 Å². The fraction of sp³-hybridized carbons (Fsp3) is 0.357. The SMILES string of the molecule is C[C@H]1[C@@H](CN2CCN(c3ccc([N+](=O)[O-])cc3)CC2)O[C@@H](c2ccc(CN3C(=O)CC(NC(=O)OCc4ccccc4)C3=O)cc2)O[C@H]1c1ccc(CO)cc1. The van der Waals surface area contributed by atoms with Gasteiger partial charge in [-0.3, -0.25) is 29.5 Å². The van der Waals surface area contributed by atoms with E-state index in [1.165, 1.54) is 12.1 Å². The van der Waals surface area contributed by atoms with Crippen molar-refractivity contribution in [1.29, 1.82) is 0 Å². The van der Waals surface area contributed by atoms with Gasteiger partial charge in [0.2, 0.25) is 5.91 Å². The number of non-ortho nitro benzene ring substituents is 1. The van der Waals surface area contributed by atoms with Crippen LogP contribution >= 0.6 is 0 Å².